The van der Waals surface area contributed by atoms with Crippen LogP contribution in [0.4, 0.5) is 0 Å². The molecule has 0 saturated heterocycles. The maximum absolute atomic E-state index is 3.54. The molecule has 0 aliphatic carbocycles. The Balaban J connectivity index is 1.75. The maximum atomic E-state index is 3.54. The third-order valence-corrected chi connectivity index (χ3v) is 3.44. The second-order valence-electron chi connectivity index (χ2n) is 4.74. The Hall–Kier alpha value is -0.860. The van der Waals surface area contributed by atoms with Gasteiger partial charge in [0.2, 0.25) is 0 Å². The Kier molecular flexibility index (Phi) is 3.97. The fourth-order valence-electron chi connectivity index (χ4n) is 2.18. The Labute approximate surface area is 98.7 Å². The molecular formula is C14H22N2. The lowest BCUT2D eigenvalue weighted by Gasteiger charge is -2.17. The van der Waals surface area contributed by atoms with Gasteiger partial charge in [0.05, 0.1) is 0 Å². The minimum Gasteiger partial charge on any atom is -0.313 e. The Morgan fingerprint density at radius 1 is 1.25 bits per heavy atom. The molecule has 1 atom stereocenters. The summed E-state index contributed by atoms with van der Waals surface area (Å²) < 4.78 is 0. The van der Waals surface area contributed by atoms with Crippen molar-refractivity contribution in [2.24, 2.45) is 0 Å². The smallest absolute Gasteiger partial charge is 0.0241 e. The lowest BCUT2D eigenvalue weighted by Crippen LogP contribution is -2.33. The Morgan fingerprint density at radius 2 is 1.88 bits per heavy atom. The van der Waals surface area contributed by atoms with Gasteiger partial charge in [-0.3, -0.25) is 4.90 Å². The summed E-state index contributed by atoms with van der Waals surface area (Å²) in [6.07, 6.45) is 1.21. The summed E-state index contributed by atoms with van der Waals surface area (Å²) in [6, 6.07) is 9.42. The molecule has 1 aromatic rings. The summed E-state index contributed by atoms with van der Waals surface area (Å²) in [5.41, 5.74) is 3.01. The van der Waals surface area contributed by atoms with E-state index in [-0.39, 0.29) is 0 Å². The highest BCUT2D eigenvalue weighted by Gasteiger charge is 2.17. The summed E-state index contributed by atoms with van der Waals surface area (Å²) in [7, 11) is 0. The molecule has 2 rings (SSSR count). The van der Waals surface area contributed by atoms with E-state index in [1.165, 1.54) is 17.5 Å². The van der Waals surface area contributed by atoms with E-state index < -0.39 is 0 Å². The van der Waals surface area contributed by atoms with Crippen LogP contribution < -0.4 is 5.32 Å². The van der Waals surface area contributed by atoms with Crippen LogP contribution in [0.15, 0.2) is 24.3 Å². The first kappa shape index (κ1) is 11.6. The van der Waals surface area contributed by atoms with E-state index in [1.54, 1.807) is 0 Å². The molecule has 1 heterocycles. The normalized spacial score (nSPS) is 17.4. The first-order valence-corrected chi connectivity index (χ1v) is 6.32. The summed E-state index contributed by atoms with van der Waals surface area (Å²) in [5.74, 6) is 0. The topological polar surface area (TPSA) is 15.3 Å². The summed E-state index contributed by atoms with van der Waals surface area (Å²) >= 11 is 0. The van der Waals surface area contributed by atoms with Crippen molar-refractivity contribution in [1.82, 2.24) is 10.2 Å². The van der Waals surface area contributed by atoms with Gasteiger partial charge in [0.25, 0.3) is 0 Å². The van der Waals surface area contributed by atoms with Gasteiger partial charge in [0.1, 0.15) is 0 Å². The molecule has 0 radical (unpaired) electrons. The monoisotopic (exact) mass is 218 g/mol. The molecule has 88 valence electrons. The van der Waals surface area contributed by atoms with Gasteiger partial charge in [-0.05, 0) is 24.5 Å². The average molecular weight is 218 g/mol. The van der Waals surface area contributed by atoms with Gasteiger partial charge in [-0.15, -0.1) is 0 Å². The van der Waals surface area contributed by atoms with Crippen molar-refractivity contribution < 1.29 is 0 Å². The van der Waals surface area contributed by atoms with Crippen molar-refractivity contribution in [2.75, 3.05) is 13.1 Å². The predicted molar refractivity (Wildman–Crippen MR) is 68.3 cm³/mol. The SMILES string of the molecule is CCC(C)NCCN1Cc2ccccc2C1. The lowest BCUT2D eigenvalue weighted by atomic mass is 10.1. The fourth-order valence-corrected chi connectivity index (χ4v) is 2.18. The number of nitrogens with one attached hydrogen (secondary N) is 1. The number of benzene rings is 1. The second-order valence-corrected chi connectivity index (χ2v) is 4.74. The highest BCUT2D eigenvalue weighted by molar-refractivity contribution is 5.30. The van der Waals surface area contributed by atoms with Crippen molar-refractivity contribution in [1.29, 1.82) is 0 Å². The first-order chi connectivity index (χ1) is 7.79. The molecule has 1 aliphatic heterocycles. The van der Waals surface area contributed by atoms with E-state index in [0.29, 0.717) is 6.04 Å². The van der Waals surface area contributed by atoms with Crippen LogP contribution in [0.3, 0.4) is 0 Å². The van der Waals surface area contributed by atoms with Crippen LogP contribution in [-0.4, -0.2) is 24.0 Å². The third kappa shape index (κ3) is 2.83. The molecule has 16 heavy (non-hydrogen) atoms. The van der Waals surface area contributed by atoms with Crippen molar-refractivity contribution in [2.45, 2.75) is 39.4 Å². The molecule has 1 unspecified atom stereocenters. The molecule has 1 aliphatic rings. The molecule has 2 nitrogen and oxygen atoms in total. The van der Waals surface area contributed by atoms with Crippen molar-refractivity contribution in [3.63, 3.8) is 0 Å². The van der Waals surface area contributed by atoms with Crippen molar-refractivity contribution >= 4 is 0 Å². The van der Waals surface area contributed by atoms with Crippen LogP contribution in [0.2, 0.25) is 0 Å². The van der Waals surface area contributed by atoms with Gasteiger partial charge in [0, 0.05) is 32.2 Å². The van der Waals surface area contributed by atoms with Gasteiger partial charge in [-0.25, -0.2) is 0 Å². The molecule has 0 saturated carbocycles. The zero-order chi connectivity index (χ0) is 11.4. The molecule has 1 N–H and O–H groups in total. The summed E-state index contributed by atoms with van der Waals surface area (Å²) in [6.45, 7) is 8.97. The number of fused-ring (bicyclic) bond motifs is 1. The van der Waals surface area contributed by atoms with Gasteiger partial charge in [-0.2, -0.15) is 0 Å². The van der Waals surface area contributed by atoms with E-state index in [2.05, 4.69) is 48.3 Å². The fraction of sp³-hybridized carbons (Fsp3) is 0.571. The van der Waals surface area contributed by atoms with E-state index >= 15 is 0 Å². The third-order valence-electron chi connectivity index (χ3n) is 3.44. The largest absolute Gasteiger partial charge is 0.313 e. The van der Waals surface area contributed by atoms with Crippen molar-refractivity contribution in [3.05, 3.63) is 35.4 Å². The van der Waals surface area contributed by atoms with Crippen LogP contribution in [-0.2, 0) is 13.1 Å². The minimum absolute atomic E-state index is 0.643. The summed E-state index contributed by atoms with van der Waals surface area (Å²) in [5, 5.41) is 3.54. The standard InChI is InChI=1S/C14H22N2/c1-3-12(2)15-8-9-16-10-13-6-4-5-7-14(13)11-16/h4-7,12,15H,3,8-11H2,1-2H3. The van der Waals surface area contributed by atoms with E-state index in [1.807, 2.05) is 0 Å². The van der Waals surface area contributed by atoms with Gasteiger partial charge >= 0.3 is 0 Å². The van der Waals surface area contributed by atoms with Crippen LogP contribution >= 0.6 is 0 Å². The van der Waals surface area contributed by atoms with Gasteiger partial charge in [0.15, 0.2) is 0 Å². The highest BCUT2D eigenvalue weighted by atomic mass is 15.2. The quantitative estimate of drug-likeness (QED) is 0.816. The van der Waals surface area contributed by atoms with Crippen molar-refractivity contribution in [3.8, 4) is 0 Å². The predicted octanol–water partition coefficient (Wildman–Crippen LogP) is 2.39. The Morgan fingerprint density at radius 3 is 2.44 bits per heavy atom. The minimum atomic E-state index is 0.643. The van der Waals surface area contributed by atoms with Gasteiger partial charge < -0.3 is 5.32 Å². The van der Waals surface area contributed by atoms with Crippen LogP contribution in [0.5, 0.6) is 0 Å². The lowest BCUT2D eigenvalue weighted by molar-refractivity contribution is 0.278. The van der Waals surface area contributed by atoms with E-state index in [0.717, 1.165) is 26.2 Å². The van der Waals surface area contributed by atoms with Gasteiger partial charge in [-0.1, -0.05) is 31.2 Å². The number of hydrogen-bond donors (Lipinski definition) is 1. The zero-order valence-corrected chi connectivity index (χ0v) is 10.4. The van der Waals surface area contributed by atoms with E-state index in [4.69, 9.17) is 0 Å². The van der Waals surface area contributed by atoms with E-state index in [9.17, 15) is 0 Å². The molecule has 0 aromatic heterocycles. The molecule has 0 amide bonds. The Bertz CT molecular complexity index is 310. The zero-order valence-electron chi connectivity index (χ0n) is 10.4. The molecule has 0 fully saturated rings. The number of rotatable bonds is 5. The molecule has 2 heteroatoms. The molecule has 0 spiro atoms. The number of hydrogen-bond acceptors (Lipinski definition) is 2. The first-order valence-electron chi connectivity index (χ1n) is 6.32. The molecule has 0 bridgehead atoms. The molecular weight excluding hydrogens is 196 g/mol. The van der Waals surface area contributed by atoms with Crippen LogP contribution in [0.25, 0.3) is 0 Å². The number of nitrogens with zero attached hydrogens (tertiary/aromatic N) is 1. The average Bonchev–Trinajstić information content (AvgIpc) is 2.71. The summed E-state index contributed by atoms with van der Waals surface area (Å²) in [4.78, 5) is 2.51. The second kappa shape index (κ2) is 5.46. The maximum Gasteiger partial charge on any atom is 0.0241 e. The van der Waals surface area contributed by atoms with Crippen LogP contribution in [0, 0.1) is 0 Å². The van der Waals surface area contributed by atoms with Crippen LogP contribution in [0.1, 0.15) is 31.4 Å². The molecule has 1 aromatic carbocycles. The highest BCUT2D eigenvalue weighted by Crippen LogP contribution is 2.21.